The summed E-state index contributed by atoms with van der Waals surface area (Å²) in [7, 11) is 0. The minimum Gasteiger partial charge on any atom is -0.329 e. The molecule has 1 fully saturated rings. The number of halogens is 1. The Labute approximate surface area is 327 Å². The van der Waals surface area contributed by atoms with Gasteiger partial charge in [-0.15, -0.1) is 12.4 Å². The van der Waals surface area contributed by atoms with Crippen molar-refractivity contribution in [1.82, 2.24) is 29.3 Å². The molecule has 5 heterocycles. The Morgan fingerprint density at radius 3 is 1.44 bits per heavy atom. The molecule has 0 radical (unpaired) electrons. The maximum absolute atomic E-state index is 13.9. The first-order valence-electron chi connectivity index (χ1n) is 18.8. The number of para-hydroxylation sites is 2. The molecule has 2 atom stereocenters. The van der Waals surface area contributed by atoms with Crippen molar-refractivity contribution in [1.29, 1.82) is 0 Å². The number of carbonyl (C=O) groups is 1. The van der Waals surface area contributed by atoms with Gasteiger partial charge in [-0.2, -0.15) is 0 Å². The average molecular weight is 743 g/mol. The molecule has 1 aliphatic rings. The number of nitrogens with zero attached hydrogens (tertiary/aromatic N) is 5. The summed E-state index contributed by atoms with van der Waals surface area (Å²) in [5.74, 6) is -0.151. The minimum atomic E-state index is -1.02. The number of fused-ring (bicyclic) bond motifs is 2. The van der Waals surface area contributed by atoms with Crippen LogP contribution in [0.5, 0.6) is 0 Å². The summed E-state index contributed by atoms with van der Waals surface area (Å²) in [6.45, 7) is 6.21. The summed E-state index contributed by atoms with van der Waals surface area (Å²) in [6, 6.07) is 50.8. The number of rotatable bonds is 9. The molecule has 9 rings (SSSR count). The molecule has 1 aliphatic heterocycles. The second-order valence-electron chi connectivity index (χ2n) is 14.2. The molecule has 1 saturated heterocycles. The molecule has 8 heteroatoms. The lowest BCUT2D eigenvalue weighted by Gasteiger charge is -2.47. The third kappa shape index (κ3) is 5.82. The number of piperazine rings is 1. The van der Waals surface area contributed by atoms with Crippen LogP contribution >= 0.6 is 12.4 Å². The van der Waals surface area contributed by atoms with E-state index in [-0.39, 0.29) is 24.2 Å². The Morgan fingerprint density at radius 1 is 0.600 bits per heavy atom. The van der Waals surface area contributed by atoms with E-state index in [1.54, 1.807) is 0 Å². The van der Waals surface area contributed by atoms with Crippen LogP contribution in [0.3, 0.4) is 0 Å². The van der Waals surface area contributed by atoms with Crippen molar-refractivity contribution in [2.24, 2.45) is 0 Å². The number of hydrogen-bond acceptors (Lipinski definition) is 4. The molecule has 7 nitrogen and oxygen atoms in total. The number of amides is 1. The van der Waals surface area contributed by atoms with Crippen molar-refractivity contribution in [3.8, 4) is 11.4 Å². The fourth-order valence-electron chi connectivity index (χ4n) is 8.90. The molecule has 0 bridgehead atoms. The highest BCUT2D eigenvalue weighted by molar-refractivity contribution is 5.92. The molecule has 8 aromatic rings. The van der Waals surface area contributed by atoms with Crippen molar-refractivity contribution < 1.29 is 4.79 Å². The van der Waals surface area contributed by atoms with Crippen molar-refractivity contribution in [3.63, 3.8) is 0 Å². The maximum Gasteiger partial charge on any atom is 0.210 e. The van der Waals surface area contributed by atoms with Gasteiger partial charge in [-0.1, -0.05) is 111 Å². The predicted octanol–water partition coefficient (Wildman–Crippen LogP) is 9.40. The lowest BCUT2D eigenvalue weighted by molar-refractivity contribution is -0.124. The molecule has 1 N–H and O–H groups in total. The standard InChI is InChI=1S/C47H42N6O.ClH/c1-33(35-17-7-3-8-18-35)45-41(43-39(25-15-27-49-43)52(45)37-21-11-5-12-22-37)47(31-48-29-30-51(47)32-54)42-44-40(26-16-28-50-44)53(38-23-13-6-14-24-38)46(42)34(2)36-19-9-4-10-20-36;/h3-28,32-34,48H,29-31H2,1-2H3;1H. The molecule has 274 valence electrons. The molecule has 0 spiro atoms. The van der Waals surface area contributed by atoms with Crippen LogP contribution in [0.25, 0.3) is 33.4 Å². The van der Waals surface area contributed by atoms with Crippen molar-refractivity contribution in [2.75, 3.05) is 19.6 Å². The van der Waals surface area contributed by atoms with Gasteiger partial charge in [0.15, 0.2) is 0 Å². The van der Waals surface area contributed by atoms with Crippen molar-refractivity contribution >= 4 is 40.9 Å². The number of hydrogen-bond donors (Lipinski definition) is 1. The van der Waals surface area contributed by atoms with Gasteiger partial charge in [-0.25, -0.2) is 0 Å². The van der Waals surface area contributed by atoms with E-state index in [9.17, 15) is 4.79 Å². The van der Waals surface area contributed by atoms with Gasteiger partial charge in [0.25, 0.3) is 0 Å². The van der Waals surface area contributed by atoms with Crippen LogP contribution in [-0.4, -0.2) is 50.0 Å². The number of pyridine rings is 2. The summed E-state index contributed by atoms with van der Waals surface area (Å²) in [6.07, 6.45) is 4.82. The predicted molar refractivity (Wildman–Crippen MR) is 224 cm³/mol. The van der Waals surface area contributed by atoms with Crippen LogP contribution in [-0.2, 0) is 10.3 Å². The van der Waals surface area contributed by atoms with E-state index in [0.717, 1.165) is 62.4 Å². The number of benzene rings is 4. The van der Waals surface area contributed by atoms with E-state index < -0.39 is 5.54 Å². The first-order chi connectivity index (χ1) is 26.6. The molecule has 1 amide bonds. The van der Waals surface area contributed by atoms with Gasteiger partial charge in [-0.05, 0) is 59.7 Å². The van der Waals surface area contributed by atoms with Crippen LogP contribution in [0.4, 0.5) is 0 Å². The van der Waals surface area contributed by atoms with Crippen LogP contribution in [0.2, 0.25) is 0 Å². The highest BCUT2D eigenvalue weighted by atomic mass is 35.5. The second-order valence-corrected chi connectivity index (χ2v) is 14.2. The summed E-state index contributed by atoms with van der Waals surface area (Å²) in [5, 5.41) is 3.80. The zero-order valence-corrected chi connectivity index (χ0v) is 31.7. The zero-order valence-electron chi connectivity index (χ0n) is 30.9. The Morgan fingerprint density at radius 2 is 1.02 bits per heavy atom. The van der Waals surface area contributed by atoms with Crippen LogP contribution < -0.4 is 5.32 Å². The Hall–Kier alpha value is -6.02. The number of aromatic nitrogens is 4. The van der Waals surface area contributed by atoms with Gasteiger partial charge in [0.2, 0.25) is 6.41 Å². The third-order valence-electron chi connectivity index (χ3n) is 11.3. The first kappa shape index (κ1) is 36.0. The second kappa shape index (κ2) is 15.0. The largest absolute Gasteiger partial charge is 0.329 e. The van der Waals surface area contributed by atoms with Crippen molar-refractivity contribution in [3.05, 3.63) is 192 Å². The first-order valence-corrected chi connectivity index (χ1v) is 18.8. The smallest absolute Gasteiger partial charge is 0.210 e. The zero-order chi connectivity index (χ0) is 36.6. The summed E-state index contributed by atoms with van der Waals surface area (Å²) in [5.41, 5.74) is 11.3. The number of carbonyl (C=O) groups excluding carboxylic acids is 1. The molecule has 4 aromatic carbocycles. The maximum atomic E-state index is 13.9. The molecule has 2 unspecified atom stereocenters. The third-order valence-corrected chi connectivity index (χ3v) is 11.3. The monoisotopic (exact) mass is 742 g/mol. The van der Waals surface area contributed by atoms with E-state index >= 15 is 0 Å². The van der Waals surface area contributed by atoms with Gasteiger partial charge in [0.05, 0.1) is 22.1 Å². The van der Waals surface area contributed by atoms with Gasteiger partial charge < -0.3 is 19.4 Å². The number of nitrogens with one attached hydrogen (secondary N) is 1. The molecular weight excluding hydrogens is 700 g/mol. The van der Waals surface area contributed by atoms with E-state index in [0.29, 0.717) is 19.6 Å². The topological polar surface area (TPSA) is 68.0 Å². The fraction of sp³-hybridized carbons (Fsp3) is 0.170. The summed E-state index contributed by atoms with van der Waals surface area (Å²) in [4.78, 5) is 26.4. The van der Waals surface area contributed by atoms with Gasteiger partial charge in [0, 0.05) is 77.8 Å². The van der Waals surface area contributed by atoms with E-state index in [1.807, 2.05) is 29.4 Å². The van der Waals surface area contributed by atoms with Gasteiger partial charge in [-0.3, -0.25) is 14.8 Å². The Balaban J connectivity index is 0.00000427. The molecule has 4 aromatic heterocycles. The lowest BCUT2D eigenvalue weighted by atomic mass is 9.74. The molecular formula is C47H43ClN6O. The molecule has 0 aliphatic carbocycles. The normalized spacial score (nSPS) is 16.8. The quantitative estimate of drug-likeness (QED) is 0.150. The summed E-state index contributed by atoms with van der Waals surface area (Å²) < 4.78 is 4.75. The van der Waals surface area contributed by atoms with Gasteiger partial charge in [0.1, 0.15) is 5.54 Å². The minimum absolute atomic E-state index is 0. The Kier molecular flexibility index (Phi) is 9.82. The van der Waals surface area contributed by atoms with E-state index in [1.165, 1.54) is 11.1 Å². The average Bonchev–Trinajstić information content (AvgIpc) is 3.79. The van der Waals surface area contributed by atoms with E-state index in [2.05, 4.69) is 162 Å². The van der Waals surface area contributed by atoms with E-state index in [4.69, 9.17) is 9.97 Å². The van der Waals surface area contributed by atoms with Crippen molar-refractivity contribution in [2.45, 2.75) is 31.2 Å². The lowest BCUT2D eigenvalue weighted by Crippen LogP contribution is -2.60. The van der Waals surface area contributed by atoms with Crippen LogP contribution in [0.15, 0.2) is 158 Å². The molecule has 0 saturated carbocycles. The SMILES string of the molecule is CC(c1ccccc1)c1c(C2(c3c(C(C)c4ccccc4)n(-c4ccccc4)c4cccnc34)CNCCN2C=O)c2ncccc2n1-c1ccccc1.Cl. The highest BCUT2D eigenvalue weighted by Crippen LogP contribution is 2.52. The summed E-state index contributed by atoms with van der Waals surface area (Å²) >= 11 is 0. The Bertz CT molecular complexity index is 2400. The van der Waals surface area contributed by atoms with Crippen LogP contribution in [0.1, 0.15) is 59.3 Å². The van der Waals surface area contributed by atoms with Gasteiger partial charge >= 0.3 is 0 Å². The highest BCUT2D eigenvalue weighted by Gasteiger charge is 2.51. The molecule has 55 heavy (non-hydrogen) atoms. The fourth-order valence-corrected chi connectivity index (χ4v) is 8.90. The van der Waals surface area contributed by atoms with Crippen LogP contribution in [0, 0.1) is 0 Å².